The molecule has 0 spiro atoms. The molecular weight excluding hydrogens is 172 g/mol. The first-order valence-electron chi connectivity index (χ1n) is 5.90. The second kappa shape index (κ2) is 3.84. The van der Waals surface area contributed by atoms with E-state index in [1.807, 2.05) is 0 Å². The molecule has 1 N–H and O–H groups in total. The Hall–Kier alpha value is -0.0400. The van der Waals surface area contributed by atoms with Gasteiger partial charge in [0.1, 0.15) is 0 Å². The van der Waals surface area contributed by atoms with E-state index in [0.717, 1.165) is 0 Å². The minimum Gasteiger partial charge on any atom is -0.392 e. The molecule has 0 bridgehead atoms. The molecule has 84 valence electrons. The SMILES string of the molecule is CC1(C)CCC(C(O)C(C)(C)C)CC1. The van der Waals surface area contributed by atoms with E-state index < -0.39 is 0 Å². The summed E-state index contributed by atoms with van der Waals surface area (Å²) in [4.78, 5) is 0. The largest absolute Gasteiger partial charge is 0.392 e. The van der Waals surface area contributed by atoms with Crippen LogP contribution in [0.25, 0.3) is 0 Å². The van der Waals surface area contributed by atoms with Gasteiger partial charge in [0.25, 0.3) is 0 Å². The molecule has 1 aliphatic rings. The lowest BCUT2D eigenvalue weighted by molar-refractivity contribution is -0.0153. The fourth-order valence-corrected chi connectivity index (χ4v) is 2.44. The molecular formula is C13H26O. The predicted molar refractivity (Wildman–Crippen MR) is 61.2 cm³/mol. The average Bonchev–Trinajstić information content (AvgIpc) is 2.01. The predicted octanol–water partition coefficient (Wildman–Crippen LogP) is 3.61. The van der Waals surface area contributed by atoms with Crippen molar-refractivity contribution in [1.29, 1.82) is 0 Å². The highest BCUT2D eigenvalue weighted by Gasteiger charge is 2.35. The van der Waals surface area contributed by atoms with Crippen molar-refractivity contribution in [2.45, 2.75) is 66.4 Å². The third kappa shape index (κ3) is 2.98. The van der Waals surface area contributed by atoms with Gasteiger partial charge in [-0.1, -0.05) is 34.6 Å². The van der Waals surface area contributed by atoms with E-state index in [9.17, 15) is 5.11 Å². The van der Waals surface area contributed by atoms with E-state index in [0.29, 0.717) is 11.3 Å². The number of hydrogen-bond donors (Lipinski definition) is 1. The third-order valence-corrected chi connectivity index (χ3v) is 3.72. The van der Waals surface area contributed by atoms with Crippen LogP contribution in [0.15, 0.2) is 0 Å². The van der Waals surface area contributed by atoms with Crippen LogP contribution in [0.5, 0.6) is 0 Å². The molecule has 0 amide bonds. The molecule has 1 saturated carbocycles. The summed E-state index contributed by atoms with van der Waals surface area (Å²) in [7, 11) is 0. The summed E-state index contributed by atoms with van der Waals surface area (Å²) in [5, 5.41) is 10.2. The van der Waals surface area contributed by atoms with Crippen molar-refractivity contribution in [3.63, 3.8) is 0 Å². The lowest BCUT2D eigenvalue weighted by Gasteiger charge is -2.40. The van der Waals surface area contributed by atoms with Gasteiger partial charge in [-0.05, 0) is 42.4 Å². The number of rotatable bonds is 1. The second-order valence-corrected chi connectivity index (χ2v) is 6.81. The quantitative estimate of drug-likeness (QED) is 0.682. The Morgan fingerprint density at radius 1 is 1.14 bits per heavy atom. The fourth-order valence-electron chi connectivity index (χ4n) is 2.44. The maximum atomic E-state index is 10.2. The van der Waals surface area contributed by atoms with Gasteiger partial charge in [0.05, 0.1) is 6.10 Å². The van der Waals surface area contributed by atoms with Gasteiger partial charge in [0.15, 0.2) is 0 Å². The molecule has 0 heterocycles. The Bertz CT molecular complexity index is 178. The molecule has 0 aromatic rings. The van der Waals surface area contributed by atoms with Crippen LogP contribution < -0.4 is 0 Å². The molecule has 1 heteroatoms. The van der Waals surface area contributed by atoms with E-state index in [-0.39, 0.29) is 11.5 Å². The van der Waals surface area contributed by atoms with Gasteiger partial charge in [-0.25, -0.2) is 0 Å². The summed E-state index contributed by atoms with van der Waals surface area (Å²) in [6.07, 6.45) is 4.81. The van der Waals surface area contributed by atoms with E-state index in [2.05, 4.69) is 34.6 Å². The van der Waals surface area contributed by atoms with E-state index in [1.165, 1.54) is 25.7 Å². The second-order valence-electron chi connectivity index (χ2n) is 6.81. The van der Waals surface area contributed by atoms with Gasteiger partial charge >= 0.3 is 0 Å². The summed E-state index contributed by atoms with van der Waals surface area (Å²) < 4.78 is 0. The van der Waals surface area contributed by atoms with Crippen molar-refractivity contribution in [2.75, 3.05) is 0 Å². The molecule has 14 heavy (non-hydrogen) atoms. The van der Waals surface area contributed by atoms with Crippen molar-refractivity contribution in [2.24, 2.45) is 16.7 Å². The molecule has 1 rings (SSSR count). The summed E-state index contributed by atoms with van der Waals surface area (Å²) in [5.74, 6) is 0.531. The van der Waals surface area contributed by atoms with Crippen LogP contribution in [0.2, 0.25) is 0 Å². The molecule has 1 atom stereocenters. The highest BCUT2D eigenvalue weighted by molar-refractivity contribution is 4.86. The van der Waals surface area contributed by atoms with Crippen LogP contribution in [-0.2, 0) is 0 Å². The highest BCUT2D eigenvalue weighted by Crippen LogP contribution is 2.42. The van der Waals surface area contributed by atoms with Crippen molar-refractivity contribution < 1.29 is 5.11 Å². The smallest absolute Gasteiger partial charge is 0.0616 e. The fraction of sp³-hybridized carbons (Fsp3) is 1.00. The molecule has 0 aliphatic heterocycles. The topological polar surface area (TPSA) is 20.2 Å². The van der Waals surface area contributed by atoms with Gasteiger partial charge in [0, 0.05) is 0 Å². The van der Waals surface area contributed by atoms with E-state index in [1.54, 1.807) is 0 Å². The maximum Gasteiger partial charge on any atom is 0.0616 e. The summed E-state index contributed by atoms with van der Waals surface area (Å²) in [6, 6.07) is 0. The molecule has 1 aliphatic carbocycles. The molecule has 0 saturated heterocycles. The molecule has 0 radical (unpaired) electrons. The third-order valence-electron chi connectivity index (χ3n) is 3.72. The average molecular weight is 198 g/mol. The summed E-state index contributed by atoms with van der Waals surface area (Å²) >= 11 is 0. The number of aliphatic hydroxyl groups excluding tert-OH is 1. The lowest BCUT2D eigenvalue weighted by Crippen LogP contribution is -2.37. The van der Waals surface area contributed by atoms with Crippen LogP contribution in [0, 0.1) is 16.7 Å². The van der Waals surface area contributed by atoms with Crippen LogP contribution in [0.4, 0.5) is 0 Å². The van der Waals surface area contributed by atoms with Gasteiger partial charge in [-0.3, -0.25) is 0 Å². The molecule has 1 unspecified atom stereocenters. The minimum absolute atomic E-state index is 0.0478. The first-order valence-corrected chi connectivity index (χ1v) is 5.90. The monoisotopic (exact) mass is 198 g/mol. The van der Waals surface area contributed by atoms with Crippen molar-refractivity contribution in [1.82, 2.24) is 0 Å². The van der Waals surface area contributed by atoms with Gasteiger partial charge in [-0.2, -0.15) is 0 Å². The van der Waals surface area contributed by atoms with Gasteiger partial charge in [0.2, 0.25) is 0 Å². The standard InChI is InChI=1S/C13H26O/c1-12(2,3)11(14)10-6-8-13(4,5)9-7-10/h10-11,14H,6-9H2,1-5H3. The van der Waals surface area contributed by atoms with Gasteiger partial charge < -0.3 is 5.11 Å². The molecule has 1 fully saturated rings. The lowest BCUT2D eigenvalue weighted by atomic mass is 9.68. The zero-order valence-corrected chi connectivity index (χ0v) is 10.4. The molecule has 0 aromatic carbocycles. The zero-order valence-electron chi connectivity index (χ0n) is 10.4. The van der Waals surface area contributed by atoms with Crippen LogP contribution in [0.3, 0.4) is 0 Å². The van der Waals surface area contributed by atoms with Gasteiger partial charge in [-0.15, -0.1) is 0 Å². The van der Waals surface area contributed by atoms with Crippen molar-refractivity contribution in [3.05, 3.63) is 0 Å². The first-order chi connectivity index (χ1) is 6.22. The Balaban J connectivity index is 2.50. The Labute approximate surface area is 88.9 Å². The maximum absolute atomic E-state index is 10.2. The zero-order chi connectivity index (χ0) is 11.0. The van der Waals surface area contributed by atoms with E-state index in [4.69, 9.17) is 0 Å². The first kappa shape index (κ1) is 12.0. The number of hydrogen-bond acceptors (Lipinski definition) is 1. The van der Waals surface area contributed by atoms with Crippen LogP contribution in [0.1, 0.15) is 60.3 Å². The van der Waals surface area contributed by atoms with E-state index >= 15 is 0 Å². The normalized spacial score (nSPS) is 26.1. The summed E-state index contributed by atoms with van der Waals surface area (Å²) in [6.45, 7) is 11.1. The van der Waals surface area contributed by atoms with Crippen LogP contribution in [-0.4, -0.2) is 11.2 Å². The number of aliphatic hydroxyl groups is 1. The summed E-state index contributed by atoms with van der Waals surface area (Å²) in [5.41, 5.74) is 0.556. The minimum atomic E-state index is -0.126. The van der Waals surface area contributed by atoms with Crippen LogP contribution >= 0.6 is 0 Å². The highest BCUT2D eigenvalue weighted by atomic mass is 16.3. The Kier molecular flexibility index (Phi) is 3.30. The molecule has 0 aromatic heterocycles. The molecule has 1 nitrogen and oxygen atoms in total. The Morgan fingerprint density at radius 3 is 1.93 bits per heavy atom. The van der Waals surface area contributed by atoms with Crippen molar-refractivity contribution >= 4 is 0 Å². The van der Waals surface area contributed by atoms with Crippen molar-refractivity contribution in [3.8, 4) is 0 Å². The Morgan fingerprint density at radius 2 is 1.57 bits per heavy atom.